The molecule has 0 aliphatic rings. The Kier molecular flexibility index (Phi) is 7.07. The number of nitrogens with zero attached hydrogens (tertiary/aromatic N) is 3. The molecule has 126 valence electrons. The van der Waals surface area contributed by atoms with E-state index in [0.717, 1.165) is 36.5 Å². The molecule has 1 heterocycles. The molecule has 5 heteroatoms. The maximum atomic E-state index is 5.82. The summed E-state index contributed by atoms with van der Waals surface area (Å²) in [5.41, 5.74) is 9.07. The van der Waals surface area contributed by atoms with E-state index in [0.29, 0.717) is 13.2 Å². The van der Waals surface area contributed by atoms with Crippen LogP contribution in [0.15, 0.2) is 24.3 Å². The molecule has 0 aliphatic heterocycles. The highest BCUT2D eigenvalue weighted by atomic mass is 16.5. The van der Waals surface area contributed by atoms with Gasteiger partial charge in [0.25, 0.3) is 0 Å². The molecular formula is C18H28N4O. The van der Waals surface area contributed by atoms with Gasteiger partial charge in [0.2, 0.25) is 0 Å². The predicted octanol–water partition coefficient (Wildman–Crippen LogP) is 3.31. The fraction of sp³-hybridized carbons (Fsp3) is 0.556. The number of nitrogens with two attached hydrogens (primary N) is 1. The van der Waals surface area contributed by atoms with Crippen LogP contribution in [0.2, 0.25) is 0 Å². The van der Waals surface area contributed by atoms with E-state index >= 15 is 0 Å². The van der Waals surface area contributed by atoms with Crippen molar-refractivity contribution in [3.8, 4) is 5.75 Å². The summed E-state index contributed by atoms with van der Waals surface area (Å²) in [6.45, 7) is 6.25. The molecule has 0 bridgehead atoms. The van der Waals surface area contributed by atoms with Gasteiger partial charge in [0.1, 0.15) is 5.75 Å². The second-order valence-corrected chi connectivity index (χ2v) is 5.72. The first-order valence-corrected chi connectivity index (χ1v) is 8.61. The average Bonchev–Trinajstić information content (AvgIpc) is 2.95. The number of ether oxygens (including phenoxy) is 1. The summed E-state index contributed by atoms with van der Waals surface area (Å²) in [7, 11) is 0. The summed E-state index contributed by atoms with van der Waals surface area (Å²) in [5.74, 6) is 0.904. The lowest BCUT2D eigenvalue weighted by atomic mass is 10.1. The number of hydrogen-bond donors (Lipinski definition) is 1. The van der Waals surface area contributed by atoms with Crippen LogP contribution in [0.5, 0.6) is 5.75 Å². The molecule has 2 aromatic rings. The Labute approximate surface area is 138 Å². The van der Waals surface area contributed by atoms with E-state index in [1.54, 1.807) is 0 Å². The Bertz CT molecular complexity index is 577. The predicted molar refractivity (Wildman–Crippen MR) is 92.5 cm³/mol. The van der Waals surface area contributed by atoms with Crippen LogP contribution in [0.25, 0.3) is 0 Å². The molecule has 0 saturated carbocycles. The van der Waals surface area contributed by atoms with Crippen molar-refractivity contribution in [1.29, 1.82) is 0 Å². The zero-order valence-electron chi connectivity index (χ0n) is 14.3. The van der Waals surface area contributed by atoms with Gasteiger partial charge >= 0.3 is 0 Å². The number of benzene rings is 1. The van der Waals surface area contributed by atoms with Gasteiger partial charge in [-0.1, -0.05) is 43.5 Å². The van der Waals surface area contributed by atoms with Crippen LogP contribution in [0.1, 0.15) is 56.5 Å². The summed E-state index contributed by atoms with van der Waals surface area (Å²) < 4.78 is 7.51. The smallest absolute Gasteiger partial charge is 0.119 e. The van der Waals surface area contributed by atoms with Crippen LogP contribution in [0, 0.1) is 0 Å². The number of rotatable bonds is 10. The van der Waals surface area contributed by atoms with Crippen molar-refractivity contribution in [2.24, 2.45) is 5.73 Å². The minimum absolute atomic E-state index is 0.432. The van der Waals surface area contributed by atoms with Gasteiger partial charge in [0, 0.05) is 19.5 Å². The van der Waals surface area contributed by atoms with Gasteiger partial charge in [-0.2, -0.15) is 0 Å². The van der Waals surface area contributed by atoms with E-state index in [-0.39, 0.29) is 0 Å². The molecule has 0 fully saturated rings. The lowest BCUT2D eigenvalue weighted by molar-refractivity contribution is 0.340. The highest BCUT2D eigenvalue weighted by Gasteiger charge is 2.12. The van der Waals surface area contributed by atoms with Crippen molar-refractivity contribution in [1.82, 2.24) is 15.0 Å². The lowest BCUT2D eigenvalue weighted by Crippen LogP contribution is -2.09. The van der Waals surface area contributed by atoms with E-state index in [1.165, 1.54) is 24.8 Å². The molecule has 0 radical (unpaired) electrons. The molecule has 0 unspecified atom stereocenters. The van der Waals surface area contributed by atoms with Crippen LogP contribution in [-0.2, 0) is 19.5 Å². The maximum absolute atomic E-state index is 5.82. The van der Waals surface area contributed by atoms with Crippen LogP contribution in [0.4, 0.5) is 0 Å². The molecule has 1 aromatic carbocycles. The highest BCUT2D eigenvalue weighted by molar-refractivity contribution is 5.30. The Balaban J connectivity index is 2.06. The van der Waals surface area contributed by atoms with Gasteiger partial charge < -0.3 is 10.5 Å². The Hall–Kier alpha value is -1.88. The molecule has 0 spiro atoms. The molecule has 5 nitrogen and oxygen atoms in total. The number of hydrogen-bond acceptors (Lipinski definition) is 4. The van der Waals surface area contributed by atoms with Crippen molar-refractivity contribution in [3.05, 3.63) is 41.2 Å². The number of aryl methyl sites for hydroxylation is 1. The molecule has 0 aliphatic carbocycles. The van der Waals surface area contributed by atoms with Crippen molar-refractivity contribution < 1.29 is 4.74 Å². The lowest BCUT2D eigenvalue weighted by Gasteiger charge is -2.09. The number of aromatic nitrogens is 3. The maximum Gasteiger partial charge on any atom is 0.119 e. The van der Waals surface area contributed by atoms with E-state index in [1.807, 2.05) is 23.7 Å². The molecule has 23 heavy (non-hydrogen) atoms. The van der Waals surface area contributed by atoms with Gasteiger partial charge in [-0.15, -0.1) is 5.10 Å². The van der Waals surface area contributed by atoms with Crippen molar-refractivity contribution >= 4 is 0 Å². The molecule has 0 saturated heterocycles. The van der Waals surface area contributed by atoms with Crippen LogP contribution in [0.3, 0.4) is 0 Å². The largest absolute Gasteiger partial charge is 0.494 e. The molecule has 2 N–H and O–H groups in total. The summed E-state index contributed by atoms with van der Waals surface area (Å²) in [6.07, 6.45) is 5.69. The zero-order valence-corrected chi connectivity index (χ0v) is 14.3. The Morgan fingerprint density at radius 2 is 1.87 bits per heavy atom. The van der Waals surface area contributed by atoms with E-state index < -0.39 is 0 Å². The fourth-order valence-corrected chi connectivity index (χ4v) is 2.65. The summed E-state index contributed by atoms with van der Waals surface area (Å²) in [4.78, 5) is 0. The van der Waals surface area contributed by atoms with Crippen molar-refractivity contribution in [3.63, 3.8) is 0 Å². The van der Waals surface area contributed by atoms with E-state index in [9.17, 15) is 0 Å². The standard InChI is InChI=1S/C18H28N4O/c1-3-5-6-7-12-22-18(17(14-19)20-21-22)13-15-8-10-16(11-9-15)23-4-2/h8-11H,3-7,12-14,19H2,1-2H3. The fourth-order valence-electron chi connectivity index (χ4n) is 2.65. The average molecular weight is 316 g/mol. The SMILES string of the molecule is CCCCCCn1nnc(CN)c1Cc1ccc(OCC)cc1. The van der Waals surface area contributed by atoms with E-state index in [2.05, 4.69) is 29.4 Å². The first-order chi connectivity index (χ1) is 11.3. The summed E-state index contributed by atoms with van der Waals surface area (Å²) >= 11 is 0. The van der Waals surface area contributed by atoms with Crippen molar-refractivity contribution in [2.75, 3.05) is 6.61 Å². The van der Waals surface area contributed by atoms with Crippen LogP contribution >= 0.6 is 0 Å². The third-order valence-corrected chi connectivity index (χ3v) is 3.94. The number of unbranched alkanes of at least 4 members (excludes halogenated alkanes) is 3. The zero-order chi connectivity index (χ0) is 16.5. The molecule has 0 atom stereocenters. The topological polar surface area (TPSA) is 66.0 Å². The third-order valence-electron chi connectivity index (χ3n) is 3.94. The highest BCUT2D eigenvalue weighted by Crippen LogP contribution is 2.17. The van der Waals surface area contributed by atoms with Gasteiger partial charge in [-0.05, 0) is 31.0 Å². The van der Waals surface area contributed by atoms with Crippen molar-refractivity contribution in [2.45, 2.75) is 59.0 Å². The Morgan fingerprint density at radius 3 is 2.52 bits per heavy atom. The minimum Gasteiger partial charge on any atom is -0.494 e. The van der Waals surface area contributed by atoms with E-state index in [4.69, 9.17) is 10.5 Å². The van der Waals surface area contributed by atoms with Gasteiger partial charge in [-0.25, -0.2) is 4.68 Å². The molecule has 2 rings (SSSR count). The quantitative estimate of drug-likeness (QED) is 0.683. The van der Waals surface area contributed by atoms with Gasteiger partial charge in [0.15, 0.2) is 0 Å². The third kappa shape index (κ3) is 5.06. The molecule has 1 aromatic heterocycles. The van der Waals surface area contributed by atoms with Gasteiger partial charge in [0.05, 0.1) is 18.0 Å². The molecular weight excluding hydrogens is 288 g/mol. The van der Waals surface area contributed by atoms with Crippen LogP contribution in [-0.4, -0.2) is 21.6 Å². The minimum atomic E-state index is 0.432. The first kappa shape index (κ1) is 17.5. The molecule has 0 amide bonds. The summed E-state index contributed by atoms with van der Waals surface area (Å²) in [5, 5.41) is 8.53. The second-order valence-electron chi connectivity index (χ2n) is 5.72. The second kappa shape index (κ2) is 9.30. The first-order valence-electron chi connectivity index (χ1n) is 8.61. The van der Waals surface area contributed by atoms with Gasteiger partial charge in [-0.3, -0.25) is 0 Å². The van der Waals surface area contributed by atoms with Crippen LogP contribution < -0.4 is 10.5 Å². The Morgan fingerprint density at radius 1 is 1.09 bits per heavy atom. The monoisotopic (exact) mass is 316 g/mol. The normalized spacial score (nSPS) is 10.9. The summed E-state index contributed by atoms with van der Waals surface area (Å²) in [6, 6.07) is 8.21.